The summed E-state index contributed by atoms with van der Waals surface area (Å²) in [6, 6.07) is 1.46. The number of nitrogens with two attached hydrogens (primary N) is 1. The van der Waals surface area contributed by atoms with Crippen LogP contribution in [0.2, 0.25) is 0 Å². The molecule has 0 fully saturated rings. The normalized spacial score (nSPS) is 15.4. The van der Waals surface area contributed by atoms with E-state index in [0.29, 0.717) is 12.0 Å². The molecule has 196 valence electrons. The summed E-state index contributed by atoms with van der Waals surface area (Å²) in [4.78, 5) is 50.1. The lowest BCUT2D eigenvalue weighted by Crippen LogP contribution is -2.59. The topological polar surface area (TPSA) is 191 Å². The molecule has 11 heteroatoms. The number of hydrogen-bond donors (Lipinski definition) is 7. The zero-order valence-corrected chi connectivity index (χ0v) is 20.7. The molecule has 0 aromatic heterocycles. The van der Waals surface area contributed by atoms with Gasteiger partial charge in [0, 0.05) is 6.42 Å². The molecule has 35 heavy (non-hydrogen) atoms. The van der Waals surface area contributed by atoms with Gasteiger partial charge in [0.15, 0.2) is 0 Å². The lowest BCUT2D eigenvalue weighted by molar-refractivity contribution is -0.142. The lowest BCUT2D eigenvalue weighted by Gasteiger charge is -2.28. The van der Waals surface area contributed by atoms with Crippen LogP contribution in [0.15, 0.2) is 24.3 Å². The minimum atomic E-state index is -1.26. The first-order valence-electron chi connectivity index (χ1n) is 11.7. The van der Waals surface area contributed by atoms with Crippen LogP contribution in [0.3, 0.4) is 0 Å². The van der Waals surface area contributed by atoms with Crippen LogP contribution < -0.4 is 21.7 Å². The number of hydrogen-bond acceptors (Lipinski definition) is 7. The Morgan fingerprint density at radius 3 is 1.97 bits per heavy atom. The number of aliphatic hydroxyl groups excluding tert-OH is 1. The summed E-state index contributed by atoms with van der Waals surface area (Å²) < 4.78 is 0. The Morgan fingerprint density at radius 2 is 1.49 bits per heavy atom. The number of aromatic hydroxyl groups is 1. The average molecular weight is 495 g/mol. The van der Waals surface area contributed by atoms with Crippen molar-refractivity contribution >= 4 is 23.7 Å². The van der Waals surface area contributed by atoms with E-state index >= 15 is 0 Å². The van der Waals surface area contributed by atoms with E-state index in [2.05, 4.69) is 16.0 Å². The van der Waals surface area contributed by atoms with E-state index in [9.17, 15) is 29.4 Å². The fourth-order valence-corrected chi connectivity index (χ4v) is 3.35. The van der Waals surface area contributed by atoms with Crippen LogP contribution in [0.1, 0.15) is 46.1 Å². The van der Waals surface area contributed by atoms with E-state index < -0.39 is 54.5 Å². The third-order valence-electron chi connectivity index (χ3n) is 5.66. The molecule has 1 aromatic rings. The fourth-order valence-electron chi connectivity index (χ4n) is 3.35. The zero-order valence-electron chi connectivity index (χ0n) is 20.7. The van der Waals surface area contributed by atoms with Crippen molar-refractivity contribution in [2.75, 3.05) is 6.61 Å². The van der Waals surface area contributed by atoms with E-state index in [1.807, 2.05) is 20.8 Å². The molecule has 0 aliphatic heterocycles. The Hall–Kier alpha value is -3.18. The standard InChI is InChI=1S/C24H38N4O7/c1-5-14(4)20(28-22(32)18(10-13(2)3)26-21(31)17(25)12-29)23(33)27-19(24(34)35)11-15-6-8-16(30)9-7-15/h6-9,13-14,17-20,29-30H,5,10-12,25H2,1-4H3,(H,26,31)(H,27,33)(H,28,32)(H,34,35). The smallest absolute Gasteiger partial charge is 0.326 e. The molecular formula is C24H38N4O7. The highest BCUT2D eigenvalue weighted by Gasteiger charge is 2.33. The summed E-state index contributed by atoms with van der Waals surface area (Å²) in [6.07, 6.45) is 0.765. The first-order valence-corrected chi connectivity index (χ1v) is 11.7. The van der Waals surface area contributed by atoms with Gasteiger partial charge in [-0.2, -0.15) is 0 Å². The van der Waals surface area contributed by atoms with Gasteiger partial charge in [-0.3, -0.25) is 14.4 Å². The summed E-state index contributed by atoms with van der Waals surface area (Å²) in [7, 11) is 0. The predicted octanol–water partition coefficient (Wildman–Crippen LogP) is -0.114. The first-order chi connectivity index (χ1) is 16.4. The molecule has 0 radical (unpaired) electrons. The number of amides is 3. The average Bonchev–Trinajstić information content (AvgIpc) is 2.81. The van der Waals surface area contributed by atoms with Gasteiger partial charge in [0.05, 0.1) is 6.61 Å². The van der Waals surface area contributed by atoms with Gasteiger partial charge in [-0.05, 0) is 36.0 Å². The summed E-state index contributed by atoms with van der Waals surface area (Å²) in [6.45, 7) is 6.71. The number of phenolic OH excluding ortho intramolecular Hbond substituents is 1. The highest BCUT2D eigenvalue weighted by atomic mass is 16.4. The van der Waals surface area contributed by atoms with Gasteiger partial charge < -0.3 is 37.0 Å². The Labute approximate surface area is 205 Å². The second kappa shape index (κ2) is 14.3. The Kier molecular flexibility index (Phi) is 12.2. The number of carboxylic acids is 1. The SMILES string of the molecule is CCC(C)C(NC(=O)C(CC(C)C)NC(=O)C(N)CO)C(=O)NC(Cc1ccc(O)cc1)C(=O)O. The van der Waals surface area contributed by atoms with Crippen molar-refractivity contribution in [1.29, 1.82) is 0 Å². The van der Waals surface area contributed by atoms with Crippen molar-refractivity contribution < 1.29 is 34.5 Å². The maximum absolute atomic E-state index is 13.1. The van der Waals surface area contributed by atoms with E-state index in [4.69, 9.17) is 10.8 Å². The second-order valence-electron chi connectivity index (χ2n) is 9.12. The molecule has 0 saturated carbocycles. The van der Waals surface area contributed by atoms with E-state index in [-0.39, 0.29) is 30.4 Å². The minimum absolute atomic E-state index is 0.0202. The summed E-state index contributed by atoms with van der Waals surface area (Å²) in [5.41, 5.74) is 6.14. The van der Waals surface area contributed by atoms with Gasteiger partial charge in [-0.25, -0.2) is 4.79 Å². The van der Waals surface area contributed by atoms with Crippen LogP contribution >= 0.6 is 0 Å². The Bertz CT molecular complexity index is 860. The lowest BCUT2D eigenvalue weighted by atomic mass is 9.96. The number of carbonyl (C=O) groups is 4. The molecule has 0 aliphatic carbocycles. The zero-order chi connectivity index (χ0) is 26.7. The number of nitrogens with one attached hydrogen (secondary N) is 3. The molecule has 5 atom stereocenters. The van der Waals surface area contributed by atoms with Crippen molar-refractivity contribution in [2.45, 2.75) is 71.1 Å². The molecule has 1 aromatic carbocycles. The number of aliphatic carboxylic acids is 1. The van der Waals surface area contributed by atoms with Gasteiger partial charge in [0.25, 0.3) is 0 Å². The van der Waals surface area contributed by atoms with Crippen LogP contribution in [-0.2, 0) is 25.6 Å². The van der Waals surface area contributed by atoms with Crippen LogP contribution in [-0.4, -0.2) is 69.8 Å². The van der Waals surface area contributed by atoms with Crippen molar-refractivity contribution in [3.05, 3.63) is 29.8 Å². The highest BCUT2D eigenvalue weighted by molar-refractivity contribution is 5.94. The number of rotatable bonds is 14. The van der Waals surface area contributed by atoms with E-state index in [1.165, 1.54) is 12.1 Å². The van der Waals surface area contributed by atoms with E-state index in [1.54, 1.807) is 19.1 Å². The maximum atomic E-state index is 13.1. The number of aliphatic hydroxyl groups is 1. The largest absolute Gasteiger partial charge is 0.508 e. The minimum Gasteiger partial charge on any atom is -0.508 e. The van der Waals surface area contributed by atoms with Crippen LogP contribution in [0.4, 0.5) is 0 Å². The van der Waals surface area contributed by atoms with Crippen LogP contribution in [0.5, 0.6) is 5.75 Å². The maximum Gasteiger partial charge on any atom is 0.326 e. The van der Waals surface area contributed by atoms with Gasteiger partial charge in [-0.15, -0.1) is 0 Å². The molecular weight excluding hydrogens is 456 g/mol. The number of phenols is 1. The van der Waals surface area contributed by atoms with Crippen molar-refractivity contribution in [3.8, 4) is 5.75 Å². The van der Waals surface area contributed by atoms with Crippen LogP contribution in [0.25, 0.3) is 0 Å². The molecule has 0 heterocycles. The highest BCUT2D eigenvalue weighted by Crippen LogP contribution is 2.14. The molecule has 11 nitrogen and oxygen atoms in total. The molecule has 0 aliphatic rings. The number of carboxylic acid groups (broad SMARTS) is 1. The number of carbonyl (C=O) groups excluding carboxylic acids is 3. The summed E-state index contributed by atoms with van der Waals surface area (Å²) in [5.74, 6) is -3.50. The number of benzene rings is 1. The summed E-state index contributed by atoms with van der Waals surface area (Å²) >= 11 is 0. The van der Waals surface area contributed by atoms with Crippen molar-refractivity contribution in [1.82, 2.24) is 16.0 Å². The molecule has 0 saturated heterocycles. The van der Waals surface area contributed by atoms with Gasteiger partial charge >= 0.3 is 5.97 Å². The predicted molar refractivity (Wildman–Crippen MR) is 129 cm³/mol. The molecule has 0 spiro atoms. The molecule has 5 unspecified atom stereocenters. The molecule has 1 rings (SSSR count). The Morgan fingerprint density at radius 1 is 0.914 bits per heavy atom. The summed E-state index contributed by atoms with van der Waals surface area (Å²) in [5, 5.41) is 35.8. The molecule has 0 bridgehead atoms. The first kappa shape index (κ1) is 29.9. The van der Waals surface area contributed by atoms with E-state index in [0.717, 1.165) is 0 Å². The van der Waals surface area contributed by atoms with Crippen molar-refractivity contribution in [3.63, 3.8) is 0 Å². The molecule has 3 amide bonds. The third-order valence-corrected chi connectivity index (χ3v) is 5.66. The quantitative estimate of drug-likeness (QED) is 0.186. The van der Waals surface area contributed by atoms with Gasteiger partial charge in [-0.1, -0.05) is 46.2 Å². The van der Waals surface area contributed by atoms with Gasteiger partial charge in [0.2, 0.25) is 17.7 Å². The van der Waals surface area contributed by atoms with Gasteiger partial charge in [0.1, 0.15) is 29.9 Å². The second-order valence-corrected chi connectivity index (χ2v) is 9.12. The third kappa shape index (κ3) is 9.91. The fraction of sp³-hybridized carbons (Fsp3) is 0.583. The van der Waals surface area contributed by atoms with Crippen molar-refractivity contribution in [2.24, 2.45) is 17.6 Å². The monoisotopic (exact) mass is 494 g/mol. The molecule has 8 N–H and O–H groups in total. The Balaban J connectivity index is 3.03. The van der Waals surface area contributed by atoms with Crippen LogP contribution in [0, 0.1) is 11.8 Å².